The zero-order valence-corrected chi connectivity index (χ0v) is 16.8. The number of amides is 1. The molecule has 0 saturated carbocycles. The second-order valence-electron chi connectivity index (χ2n) is 7.67. The molecule has 2 aromatic carbocycles. The summed E-state index contributed by atoms with van der Waals surface area (Å²) in [5, 5.41) is 0. The fourth-order valence-electron chi connectivity index (χ4n) is 4.57. The quantitative estimate of drug-likeness (QED) is 0.586. The number of aromatic nitrogens is 2. The first-order chi connectivity index (χ1) is 13.7. The molecule has 1 aliphatic heterocycles. The Hall–Kier alpha value is -2.62. The van der Waals surface area contributed by atoms with E-state index in [1.807, 2.05) is 12.1 Å². The van der Waals surface area contributed by atoms with Crippen LogP contribution in [0.25, 0.3) is 11.0 Å². The highest BCUT2D eigenvalue weighted by molar-refractivity contribution is 5.79. The zero-order valence-electron chi connectivity index (χ0n) is 16.8. The molecule has 0 spiro atoms. The number of benzene rings is 2. The maximum absolute atomic E-state index is 13.3. The minimum Gasteiger partial charge on any atom is -0.332 e. The van der Waals surface area contributed by atoms with Crippen molar-refractivity contribution in [3.05, 3.63) is 66.0 Å². The Balaban J connectivity index is 1.59. The predicted octanol–water partition coefficient (Wildman–Crippen LogP) is 5.30. The van der Waals surface area contributed by atoms with E-state index in [-0.39, 0.29) is 17.9 Å². The van der Waals surface area contributed by atoms with Gasteiger partial charge >= 0.3 is 0 Å². The van der Waals surface area contributed by atoms with Crippen molar-refractivity contribution in [2.75, 3.05) is 6.54 Å². The molecule has 1 amide bonds. The molecule has 2 atom stereocenters. The Morgan fingerprint density at radius 1 is 1.11 bits per heavy atom. The molecule has 2 heterocycles. The molecule has 4 heteroatoms. The highest BCUT2D eigenvalue weighted by atomic mass is 16.2. The largest absolute Gasteiger partial charge is 0.332 e. The highest BCUT2D eigenvalue weighted by Gasteiger charge is 2.34. The molecule has 1 fully saturated rings. The Kier molecular flexibility index (Phi) is 5.47. The van der Waals surface area contributed by atoms with Crippen molar-refractivity contribution in [1.82, 2.24) is 14.5 Å². The number of nitrogens with zero attached hydrogens (tertiary/aromatic N) is 3. The number of carbonyl (C=O) groups is 1. The standard InChI is InChI=1S/C24H29N3O/c1-3-18(19-11-6-5-7-12-19)17-23(28)27-16-10-15-22(27)24-25-20-13-8-9-14-21(20)26(24)4-2/h5-9,11-14,18,22H,3-4,10,15-17H2,1-2H3. The highest BCUT2D eigenvalue weighted by Crippen LogP contribution is 2.35. The molecule has 4 rings (SSSR count). The number of hydrogen-bond acceptors (Lipinski definition) is 2. The molecule has 28 heavy (non-hydrogen) atoms. The maximum atomic E-state index is 13.3. The summed E-state index contributed by atoms with van der Waals surface area (Å²) in [7, 11) is 0. The number of imidazole rings is 1. The molecular formula is C24H29N3O. The number of aryl methyl sites for hydroxylation is 1. The van der Waals surface area contributed by atoms with Gasteiger partial charge in [-0.2, -0.15) is 0 Å². The summed E-state index contributed by atoms with van der Waals surface area (Å²) in [6.07, 6.45) is 3.59. The molecule has 1 saturated heterocycles. The molecule has 3 aromatic rings. The molecule has 4 nitrogen and oxygen atoms in total. The van der Waals surface area contributed by atoms with E-state index in [4.69, 9.17) is 4.98 Å². The van der Waals surface area contributed by atoms with E-state index in [2.05, 4.69) is 65.8 Å². The van der Waals surface area contributed by atoms with Gasteiger partial charge in [0.2, 0.25) is 5.91 Å². The van der Waals surface area contributed by atoms with E-state index in [0.717, 1.165) is 49.2 Å². The van der Waals surface area contributed by atoms with Crippen LogP contribution in [0.5, 0.6) is 0 Å². The van der Waals surface area contributed by atoms with E-state index in [9.17, 15) is 4.79 Å². The molecule has 146 valence electrons. The third-order valence-electron chi connectivity index (χ3n) is 6.06. The van der Waals surface area contributed by atoms with Gasteiger partial charge in [-0.05, 0) is 49.8 Å². The van der Waals surface area contributed by atoms with Gasteiger partial charge in [0, 0.05) is 19.5 Å². The van der Waals surface area contributed by atoms with E-state index in [0.29, 0.717) is 6.42 Å². The van der Waals surface area contributed by atoms with Crippen molar-refractivity contribution in [2.45, 2.75) is 58.0 Å². The number of para-hydroxylation sites is 2. The fraction of sp³-hybridized carbons (Fsp3) is 0.417. The van der Waals surface area contributed by atoms with Gasteiger partial charge in [-0.1, -0.05) is 49.4 Å². The number of hydrogen-bond donors (Lipinski definition) is 0. The van der Waals surface area contributed by atoms with Crippen LogP contribution in [0.3, 0.4) is 0 Å². The van der Waals surface area contributed by atoms with E-state index >= 15 is 0 Å². The maximum Gasteiger partial charge on any atom is 0.223 e. The van der Waals surface area contributed by atoms with Crippen LogP contribution in [-0.2, 0) is 11.3 Å². The first kappa shape index (κ1) is 18.7. The minimum absolute atomic E-state index is 0.0909. The summed E-state index contributed by atoms with van der Waals surface area (Å²) in [6, 6.07) is 18.8. The van der Waals surface area contributed by atoms with Crippen LogP contribution in [-0.4, -0.2) is 26.9 Å². The second-order valence-corrected chi connectivity index (χ2v) is 7.67. The topological polar surface area (TPSA) is 38.1 Å². The second kappa shape index (κ2) is 8.17. The molecule has 2 unspecified atom stereocenters. The fourth-order valence-corrected chi connectivity index (χ4v) is 4.57. The van der Waals surface area contributed by atoms with Gasteiger partial charge in [0.15, 0.2) is 0 Å². The van der Waals surface area contributed by atoms with Gasteiger partial charge in [0.05, 0.1) is 17.1 Å². The van der Waals surface area contributed by atoms with E-state index in [1.54, 1.807) is 0 Å². The summed E-state index contributed by atoms with van der Waals surface area (Å²) in [6.45, 7) is 6.03. The van der Waals surface area contributed by atoms with Crippen LogP contribution in [0, 0.1) is 0 Å². The average molecular weight is 376 g/mol. The lowest BCUT2D eigenvalue weighted by atomic mass is 9.92. The van der Waals surface area contributed by atoms with Gasteiger partial charge < -0.3 is 9.47 Å². The summed E-state index contributed by atoms with van der Waals surface area (Å²) >= 11 is 0. The van der Waals surface area contributed by atoms with Gasteiger partial charge in [0.25, 0.3) is 0 Å². The number of fused-ring (bicyclic) bond motifs is 1. The van der Waals surface area contributed by atoms with Crippen molar-refractivity contribution in [3.8, 4) is 0 Å². The summed E-state index contributed by atoms with van der Waals surface area (Å²) in [4.78, 5) is 20.3. The van der Waals surface area contributed by atoms with Crippen LogP contribution in [0.1, 0.15) is 62.9 Å². The number of carbonyl (C=O) groups excluding carboxylic acids is 1. The van der Waals surface area contributed by atoms with E-state index < -0.39 is 0 Å². The van der Waals surface area contributed by atoms with Crippen LogP contribution in [0.4, 0.5) is 0 Å². The van der Waals surface area contributed by atoms with Crippen LogP contribution in [0.15, 0.2) is 54.6 Å². The van der Waals surface area contributed by atoms with Crippen molar-refractivity contribution >= 4 is 16.9 Å². The smallest absolute Gasteiger partial charge is 0.223 e. The Bertz CT molecular complexity index is 947. The molecule has 0 radical (unpaired) electrons. The third kappa shape index (κ3) is 3.44. The summed E-state index contributed by atoms with van der Waals surface area (Å²) in [5.41, 5.74) is 3.44. The molecule has 0 N–H and O–H groups in total. The van der Waals surface area contributed by atoms with Gasteiger partial charge in [-0.25, -0.2) is 4.98 Å². The minimum atomic E-state index is 0.0909. The molecule has 0 bridgehead atoms. The Morgan fingerprint density at radius 2 is 1.86 bits per heavy atom. The van der Waals surface area contributed by atoms with E-state index in [1.165, 1.54) is 5.56 Å². The molecule has 1 aromatic heterocycles. The first-order valence-electron chi connectivity index (χ1n) is 10.5. The molecule has 1 aliphatic rings. The molecule has 0 aliphatic carbocycles. The number of likely N-dealkylation sites (tertiary alicyclic amines) is 1. The van der Waals surface area contributed by atoms with Crippen molar-refractivity contribution < 1.29 is 4.79 Å². The van der Waals surface area contributed by atoms with Gasteiger partial charge in [-0.3, -0.25) is 4.79 Å². The zero-order chi connectivity index (χ0) is 19.5. The van der Waals surface area contributed by atoms with Crippen molar-refractivity contribution in [1.29, 1.82) is 0 Å². The van der Waals surface area contributed by atoms with Crippen LogP contribution < -0.4 is 0 Å². The number of rotatable bonds is 6. The Morgan fingerprint density at radius 3 is 2.61 bits per heavy atom. The molecular weight excluding hydrogens is 346 g/mol. The SMILES string of the molecule is CCC(CC(=O)N1CCCC1c1nc2ccccc2n1CC)c1ccccc1. The van der Waals surface area contributed by atoms with Crippen molar-refractivity contribution in [2.24, 2.45) is 0 Å². The normalized spacial score (nSPS) is 17.9. The summed E-state index contributed by atoms with van der Waals surface area (Å²) < 4.78 is 2.28. The lowest BCUT2D eigenvalue weighted by Crippen LogP contribution is -2.33. The van der Waals surface area contributed by atoms with Crippen LogP contribution in [0.2, 0.25) is 0 Å². The van der Waals surface area contributed by atoms with Gasteiger partial charge in [0.1, 0.15) is 5.82 Å². The monoisotopic (exact) mass is 375 g/mol. The summed E-state index contributed by atoms with van der Waals surface area (Å²) in [5.74, 6) is 1.58. The van der Waals surface area contributed by atoms with Gasteiger partial charge in [-0.15, -0.1) is 0 Å². The first-order valence-corrected chi connectivity index (χ1v) is 10.5. The Labute approximate surface area is 167 Å². The average Bonchev–Trinajstić information content (AvgIpc) is 3.36. The lowest BCUT2D eigenvalue weighted by molar-refractivity contribution is -0.132. The lowest BCUT2D eigenvalue weighted by Gasteiger charge is -2.27. The third-order valence-corrected chi connectivity index (χ3v) is 6.06. The van der Waals surface area contributed by atoms with Crippen LogP contribution >= 0.6 is 0 Å². The van der Waals surface area contributed by atoms with Crippen molar-refractivity contribution in [3.63, 3.8) is 0 Å². The predicted molar refractivity (Wildman–Crippen MR) is 113 cm³/mol.